The highest BCUT2D eigenvalue weighted by Gasteiger charge is 2.29. The van der Waals surface area contributed by atoms with E-state index in [-0.39, 0.29) is 5.91 Å². The number of aryl methyl sites for hydroxylation is 1. The first-order chi connectivity index (χ1) is 13.1. The lowest BCUT2D eigenvalue weighted by atomic mass is 10.0. The molecule has 1 saturated heterocycles. The zero-order valence-electron chi connectivity index (χ0n) is 16.6. The van der Waals surface area contributed by atoms with Crippen molar-refractivity contribution < 1.29 is 9.53 Å². The van der Waals surface area contributed by atoms with E-state index in [2.05, 4.69) is 30.0 Å². The summed E-state index contributed by atoms with van der Waals surface area (Å²) in [4.78, 5) is 17.3. The fourth-order valence-electron chi connectivity index (χ4n) is 3.95. The number of likely N-dealkylation sites (N-methyl/N-ethyl adjacent to an activating group) is 1. The molecule has 4 heteroatoms. The molecule has 144 valence electrons. The van der Waals surface area contributed by atoms with E-state index in [0.29, 0.717) is 25.7 Å². The van der Waals surface area contributed by atoms with Crippen LogP contribution < -0.4 is 9.64 Å². The number of anilines is 1. The molecule has 1 aliphatic rings. The molecule has 4 nitrogen and oxygen atoms in total. The van der Waals surface area contributed by atoms with Crippen molar-refractivity contribution in [3.8, 4) is 5.75 Å². The number of ether oxygens (including phenoxy) is 1. The molecule has 3 rings (SSSR count). The second-order valence-corrected chi connectivity index (χ2v) is 7.06. The second-order valence-electron chi connectivity index (χ2n) is 7.06. The molecule has 1 heterocycles. The quantitative estimate of drug-likeness (QED) is 0.719. The van der Waals surface area contributed by atoms with Gasteiger partial charge in [-0.25, -0.2) is 0 Å². The molecule has 0 saturated carbocycles. The van der Waals surface area contributed by atoms with Crippen LogP contribution in [-0.2, 0) is 4.79 Å². The van der Waals surface area contributed by atoms with Crippen LogP contribution in [0.1, 0.15) is 43.9 Å². The fourth-order valence-corrected chi connectivity index (χ4v) is 3.95. The maximum atomic E-state index is 13.1. The van der Waals surface area contributed by atoms with Gasteiger partial charge in [0.2, 0.25) is 5.91 Å². The number of rotatable bonds is 7. The third-order valence-corrected chi connectivity index (χ3v) is 5.30. The summed E-state index contributed by atoms with van der Waals surface area (Å²) in [6, 6.07) is 16.7. The van der Waals surface area contributed by atoms with Crippen molar-refractivity contribution in [1.82, 2.24) is 4.90 Å². The Balaban J connectivity index is 1.71. The molecule has 27 heavy (non-hydrogen) atoms. The normalized spacial score (nSPS) is 17.1. The predicted molar refractivity (Wildman–Crippen MR) is 110 cm³/mol. The van der Waals surface area contributed by atoms with Gasteiger partial charge in [-0.1, -0.05) is 30.3 Å². The zero-order chi connectivity index (χ0) is 19.2. The van der Waals surface area contributed by atoms with Crippen molar-refractivity contribution in [3.63, 3.8) is 0 Å². The molecule has 0 radical (unpaired) electrons. The molecule has 0 bridgehead atoms. The SMILES string of the molecule is CCOc1ccc([C@H]2CCCN2CC(=O)N(CC)c2ccccc2C)cc1. The number of para-hydroxylation sites is 1. The predicted octanol–water partition coefficient (Wildman–Crippen LogP) is 4.58. The molecule has 0 aliphatic carbocycles. The third-order valence-electron chi connectivity index (χ3n) is 5.30. The summed E-state index contributed by atoms with van der Waals surface area (Å²) in [5.74, 6) is 1.07. The number of hydrogen-bond donors (Lipinski definition) is 0. The van der Waals surface area contributed by atoms with Crippen LogP contribution in [0.2, 0.25) is 0 Å². The highest BCUT2D eigenvalue weighted by molar-refractivity contribution is 5.95. The van der Waals surface area contributed by atoms with Gasteiger partial charge < -0.3 is 9.64 Å². The molecule has 1 atom stereocenters. The van der Waals surface area contributed by atoms with Crippen LogP contribution in [0.15, 0.2) is 48.5 Å². The number of carbonyl (C=O) groups excluding carboxylic acids is 1. The minimum atomic E-state index is 0.171. The largest absolute Gasteiger partial charge is 0.494 e. The number of likely N-dealkylation sites (tertiary alicyclic amines) is 1. The van der Waals surface area contributed by atoms with Crippen molar-refractivity contribution in [1.29, 1.82) is 0 Å². The Morgan fingerprint density at radius 2 is 1.89 bits per heavy atom. The lowest BCUT2D eigenvalue weighted by Crippen LogP contribution is -2.40. The summed E-state index contributed by atoms with van der Waals surface area (Å²) in [5.41, 5.74) is 3.42. The maximum absolute atomic E-state index is 13.1. The number of hydrogen-bond acceptors (Lipinski definition) is 3. The molecule has 0 spiro atoms. The second kappa shape index (κ2) is 9.05. The highest BCUT2D eigenvalue weighted by Crippen LogP contribution is 2.33. The Labute approximate surface area is 162 Å². The van der Waals surface area contributed by atoms with E-state index in [9.17, 15) is 4.79 Å². The summed E-state index contributed by atoms with van der Waals surface area (Å²) in [5, 5.41) is 0. The molecule has 0 aromatic heterocycles. The number of amides is 1. The average Bonchev–Trinajstić information content (AvgIpc) is 3.13. The minimum absolute atomic E-state index is 0.171. The van der Waals surface area contributed by atoms with Crippen LogP contribution >= 0.6 is 0 Å². The van der Waals surface area contributed by atoms with Crippen molar-refractivity contribution in [3.05, 3.63) is 59.7 Å². The van der Waals surface area contributed by atoms with Gasteiger partial charge in [-0.2, -0.15) is 0 Å². The maximum Gasteiger partial charge on any atom is 0.241 e. The highest BCUT2D eigenvalue weighted by atomic mass is 16.5. The number of carbonyl (C=O) groups is 1. The summed E-state index contributed by atoms with van der Waals surface area (Å²) in [6.07, 6.45) is 2.22. The first-order valence-electron chi connectivity index (χ1n) is 9.96. The molecule has 2 aromatic carbocycles. The molecule has 1 amide bonds. The van der Waals surface area contributed by atoms with E-state index in [1.807, 2.05) is 49.1 Å². The Morgan fingerprint density at radius 3 is 2.56 bits per heavy atom. The summed E-state index contributed by atoms with van der Waals surface area (Å²) in [7, 11) is 0. The van der Waals surface area contributed by atoms with E-state index in [4.69, 9.17) is 4.74 Å². The Kier molecular flexibility index (Phi) is 6.51. The van der Waals surface area contributed by atoms with Gasteiger partial charge in [0.05, 0.1) is 13.2 Å². The summed E-state index contributed by atoms with van der Waals surface area (Å²) < 4.78 is 5.55. The van der Waals surface area contributed by atoms with Gasteiger partial charge in [0.15, 0.2) is 0 Å². The van der Waals surface area contributed by atoms with Crippen LogP contribution in [0.5, 0.6) is 5.75 Å². The molecular weight excluding hydrogens is 336 g/mol. The van der Waals surface area contributed by atoms with Crippen molar-refractivity contribution in [2.24, 2.45) is 0 Å². The van der Waals surface area contributed by atoms with E-state index < -0.39 is 0 Å². The topological polar surface area (TPSA) is 32.8 Å². The Bertz CT molecular complexity index is 757. The van der Waals surface area contributed by atoms with Gasteiger partial charge in [-0.15, -0.1) is 0 Å². The smallest absolute Gasteiger partial charge is 0.241 e. The molecular formula is C23H30N2O2. The van der Waals surface area contributed by atoms with Crippen molar-refractivity contribution in [2.75, 3.05) is 31.1 Å². The van der Waals surface area contributed by atoms with Gasteiger partial charge in [0, 0.05) is 18.3 Å². The first-order valence-corrected chi connectivity index (χ1v) is 9.96. The monoisotopic (exact) mass is 366 g/mol. The van der Waals surface area contributed by atoms with Gasteiger partial charge in [-0.05, 0) is 69.5 Å². The lowest BCUT2D eigenvalue weighted by molar-refractivity contribution is -0.119. The molecule has 1 fully saturated rings. The van der Waals surface area contributed by atoms with E-state index in [1.54, 1.807) is 0 Å². The molecule has 1 aliphatic heterocycles. The van der Waals surface area contributed by atoms with E-state index in [0.717, 1.165) is 36.4 Å². The van der Waals surface area contributed by atoms with Crippen LogP contribution in [0.25, 0.3) is 0 Å². The van der Waals surface area contributed by atoms with E-state index in [1.165, 1.54) is 5.56 Å². The minimum Gasteiger partial charge on any atom is -0.494 e. The van der Waals surface area contributed by atoms with Gasteiger partial charge in [0.1, 0.15) is 5.75 Å². The molecule has 0 N–H and O–H groups in total. The van der Waals surface area contributed by atoms with Crippen LogP contribution in [0, 0.1) is 6.92 Å². The van der Waals surface area contributed by atoms with Gasteiger partial charge in [-0.3, -0.25) is 9.69 Å². The zero-order valence-corrected chi connectivity index (χ0v) is 16.6. The summed E-state index contributed by atoms with van der Waals surface area (Å²) >= 11 is 0. The van der Waals surface area contributed by atoms with Crippen molar-refractivity contribution in [2.45, 2.75) is 39.7 Å². The lowest BCUT2D eigenvalue weighted by Gasteiger charge is -2.29. The van der Waals surface area contributed by atoms with Gasteiger partial charge in [0.25, 0.3) is 0 Å². The van der Waals surface area contributed by atoms with Crippen LogP contribution in [0.4, 0.5) is 5.69 Å². The average molecular weight is 367 g/mol. The Hall–Kier alpha value is -2.33. The summed E-state index contributed by atoms with van der Waals surface area (Å²) in [6.45, 7) is 8.88. The molecule has 2 aromatic rings. The third kappa shape index (κ3) is 4.51. The van der Waals surface area contributed by atoms with Crippen LogP contribution in [-0.4, -0.2) is 37.0 Å². The van der Waals surface area contributed by atoms with E-state index >= 15 is 0 Å². The number of nitrogens with zero attached hydrogens (tertiary/aromatic N) is 2. The Morgan fingerprint density at radius 1 is 1.15 bits per heavy atom. The van der Waals surface area contributed by atoms with Crippen molar-refractivity contribution >= 4 is 11.6 Å². The first kappa shape index (κ1) is 19.4. The standard InChI is InChI=1S/C23H30N2O2/c1-4-25(21-10-7-6-9-18(21)3)23(26)17-24-16-8-11-22(24)19-12-14-20(15-13-19)27-5-2/h6-7,9-10,12-15,22H,4-5,8,11,16-17H2,1-3H3/t22-/m1/s1. The number of benzene rings is 2. The fraction of sp³-hybridized carbons (Fsp3) is 0.435. The van der Waals surface area contributed by atoms with Gasteiger partial charge >= 0.3 is 0 Å². The molecule has 0 unspecified atom stereocenters. The van der Waals surface area contributed by atoms with Crippen LogP contribution in [0.3, 0.4) is 0 Å².